The van der Waals surface area contributed by atoms with E-state index in [1.807, 2.05) is 36.4 Å². The van der Waals surface area contributed by atoms with Gasteiger partial charge in [0.15, 0.2) is 0 Å². The molecule has 0 aliphatic carbocycles. The van der Waals surface area contributed by atoms with E-state index < -0.39 is 6.04 Å². The van der Waals surface area contributed by atoms with Gasteiger partial charge in [-0.25, -0.2) is 0 Å². The maximum absolute atomic E-state index is 12.7. The Hall–Kier alpha value is -3.50. The summed E-state index contributed by atoms with van der Waals surface area (Å²) >= 11 is 0. The minimum Gasteiger partial charge on any atom is -0.369 e. The van der Waals surface area contributed by atoms with Crippen LogP contribution in [0.25, 0.3) is 10.9 Å². The van der Waals surface area contributed by atoms with Gasteiger partial charge in [0, 0.05) is 48.8 Å². The first-order valence-electron chi connectivity index (χ1n) is 10.5. The molecule has 1 amide bonds. The molecule has 1 aromatic carbocycles. The minimum atomic E-state index is -0.604. The SMILES string of the molecule is C[C@H]1C[C@@H](NC(=O)C(N)Cc2ccncc2)CN(c2ccc(C#N)c3ncccc23)C1. The van der Waals surface area contributed by atoms with Crippen molar-refractivity contribution in [1.29, 1.82) is 5.26 Å². The van der Waals surface area contributed by atoms with Gasteiger partial charge < -0.3 is 16.0 Å². The Morgan fingerprint density at radius 3 is 2.84 bits per heavy atom. The van der Waals surface area contributed by atoms with Crippen molar-refractivity contribution in [2.24, 2.45) is 11.7 Å². The van der Waals surface area contributed by atoms with E-state index in [4.69, 9.17) is 5.73 Å². The highest BCUT2D eigenvalue weighted by Crippen LogP contribution is 2.31. The Labute approximate surface area is 181 Å². The van der Waals surface area contributed by atoms with Gasteiger partial charge in [0.05, 0.1) is 17.1 Å². The number of fused-ring (bicyclic) bond motifs is 1. The number of carbonyl (C=O) groups excluding carboxylic acids is 1. The number of nitrogens with two attached hydrogens (primary N) is 1. The molecule has 158 valence electrons. The molecular formula is C24H26N6O. The number of amides is 1. The molecule has 0 saturated carbocycles. The van der Waals surface area contributed by atoms with Crippen LogP contribution in [0.3, 0.4) is 0 Å². The Kier molecular flexibility index (Phi) is 6.10. The molecule has 1 unspecified atom stereocenters. The average Bonchev–Trinajstić information content (AvgIpc) is 2.78. The second-order valence-corrected chi connectivity index (χ2v) is 8.26. The van der Waals surface area contributed by atoms with Gasteiger partial charge in [0.2, 0.25) is 5.91 Å². The summed E-state index contributed by atoms with van der Waals surface area (Å²) < 4.78 is 0. The summed E-state index contributed by atoms with van der Waals surface area (Å²) in [7, 11) is 0. The summed E-state index contributed by atoms with van der Waals surface area (Å²) in [5.41, 5.74) is 9.47. The summed E-state index contributed by atoms with van der Waals surface area (Å²) in [5, 5.41) is 13.5. The topological polar surface area (TPSA) is 108 Å². The van der Waals surface area contributed by atoms with Crippen molar-refractivity contribution in [3.63, 3.8) is 0 Å². The summed E-state index contributed by atoms with van der Waals surface area (Å²) in [6, 6.07) is 13.1. The lowest BCUT2D eigenvalue weighted by molar-refractivity contribution is -0.123. The maximum atomic E-state index is 12.7. The molecular weight excluding hydrogens is 388 g/mol. The second-order valence-electron chi connectivity index (χ2n) is 8.26. The number of carbonyl (C=O) groups is 1. The number of rotatable bonds is 5. The van der Waals surface area contributed by atoms with Crippen molar-refractivity contribution < 1.29 is 4.79 Å². The molecule has 7 nitrogen and oxygen atoms in total. The number of nitrogens with zero attached hydrogens (tertiary/aromatic N) is 4. The number of benzene rings is 1. The average molecular weight is 415 g/mol. The van der Waals surface area contributed by atoms with Crippen LogP contribution in [0.5, 0.6) is 0 Å². The Balaban J connectivity index is 1.49. The van der Waals surface area contributed by atoms with Crippen molar-refractivity contribution >= 4 is 22.5 Å². The monoisotopic (exact) mass is 414 g/mol. The first-order chi connectivity index (χ1) is 15.0. The molecule has 1 aliphatic heterocycles. The van der Waals surface area contributed by atoms with Gasteiger partial charge in [-0.05, 0) is 60.7 Å². The van der Waals surface area contributed by atoms with Crippen molar-refractivity contribution in [3.05, 3.63) is 66.1 Å². The van der Waals surface area contributed by atoms with Crippen molar-refractivity contribution in [1.82, 2.24) is 15.3 Å². The standard InChI is InChI=1S/C24H26N6O/c1-16-11-19(29-24(31)21(26)12-17-6-9-27-10-7-17)15-30(14-16)22-5-4-18(13-25)23-20(22)3-2-8-28-23/h2-10,16,19,21H,11-12,14-15,26H2,1H3,(H,29,31)/t16-,19+,21?/m0/s1. The van der Waals surface area contributed by atoms with E-state index in [0.717, 1.165) is 29.6 Å². The van der Waals surface area contributed by atoms with Crippen LogP contribution in [-0.2, 0) is 11.2 Å². The van der Waals surface area contributed by atoms with Crippen LogP contribution in [0.4, 0.5) is 5.69 Å². The molecule has 0 radical (unpaired) electrons. The van der Waals surface area contributed by atoms with Crippen LogP contribution < -0.4 is 16.0 Å². The number of piperidine rings is 1. The molecule has 7 heteroatoms. The van der Waals surface area contributed by atoms with Crippen molar-refractivity contribution in [2.45, 2.75) is 31.8 Å². The van der Waals surface area contributed by atoms with Crippen LogP contribution >= 0.6 is 0 Å². The molecule has 3 atom stereocenters. The number of nitrogens with one attached hydrogen (secondary N) is 1. The fraction of sp³-hybridized carbons (Fsp3) is 0.333. The third kappa shape index (κ3) is 4.65. The van der Waals surface area contributed by atoms with Crippen molar-refractivity contribution in [3.8, 4) is 6.07 Å². The third-order valence-electron chi connectivity index (χ3n) is 5.76. The summed E-state index contributed by atoms with van der Waals surface area (Å²) in [6.45, 7) is 3.76. The van der Waals surface area contributed by atoms with Gasteiger partial charge in [-0.1, -0.05) is 6.92 Å². The molecule has 0 bridgehead atoms. The zero-order chi connectivity index (χ0) is 21.8. The van der Waals surface area contributed by atoms with E-state index in [-0.39, 0.29) is 11.9 Å². The van der Waals surface area contributed by atoms with Gasteiger partial charge in [0.1, 0.15) is 6.07 Å². The van der Waals surface area contributed by atoms with E-state index in [0.29, 0.717) is 30.0 Å². The molecule has 1 fully saturated rings. The lowest BCUT2D eigenvalue weighted by Crippen LogP contribution is -2.54. The van der Waals surface area contributed by atoms with Crippen LogP contribution in [0.2, 0.25) is 0 Å². The van der Waals surface area contributed by atoms with Gasteiger partial charge in [-0.2, -0.15) is 5.26 Å². The van der Waals surface area contributed by atoms with Crippen molar-refractivity contribution in [2.75, 3.05) is 18.0 Å². The fourth-order valence-corrected chi connectivity index (χ4v) is 4.35. The molecule has 3 heterocycles. The minimum absolute atomic E-state index is 0.00195. The number of hydrogen-bond acceptors (Lipinski definition) is 6. The molecule has 1 saturated heterocycles. The van der Waals surface area contributed by atoms with E-state index in [9.17, 15) is 10.1 Å². The first kappa shape index (κ1) is 20.8. The molecule has 2 aromatic heterocycles. The number of nitriles is 1. The number of hydrogen-bond donors (Lipinski definition) is 2. The molecule has 1 aliphatic rings. The molecule has 4 rings (SSSR count). The largest absolute Gasteiger partial charge is 0.369 e. The van der Waals surface area contributed by atoms with Gasteiger partial charge >= 0.3 is 0 Å². The third-order valence-corrected chi connectivity index (χ3v) is 5.76. The molecule has 3 N–H and O–H groups in total. The zero-order valence-electron chi connectivity index (χ0n) is 17.5. The summed E-state index contributed by atoms with van der Waals surface area (Å²) in [6.07, 6.45) is 6.50. The lowest BCUT2D eigenvalue weighted by Gasteiger charge is -2.39. The van der Waals surface area contributed by atoms with Crippen LogP contribution in [0.15, 0.2) is 55.0 Å². The maximum Gasteiger partial charge on any atom is 0.237 e. The van der Waals surface area contributed by atoms with E-state index in [2.05, 4.69) is 33.2 Å². The molecule has 0 spiro atoms. The summed E-state index contributed by atoms with van der Waals surface area (Å²) in [5.74, 6) is 0.264. The quantitative estimate of drug-likeness (QED) is 0.664. The highest BCUT2D eigenvalue weighted by molar-refractivity contribution is 5.95. The Morgan fingerprint density at radius 2 is 2.06 bits per heavy atom. The predicted molar refractivity (Wildman–Crippen MR) is 120 cm³/mol. The van der Waals surface area contributed by atoms with Crippen LogP contribution in [0, 0.1) is 17.2 Å². The predicted octanol–water partition coefficient (Wildman–Crippen LogP) is 2.40. The van der Waals surface area contributed by atoms with E-state index >= 15 is 0 Å². The first-order valence-corrected chi connectivity index (χ1v) is 10.5. The zero-order valence-corrected chi connectivity index (χ0v) is 17.5. The highest BCUT2D eigenvalue weighted by Gasteiger charge is 2.28. The van der Waals surface area contributed by atoms with Gasteiger partial charge in [-0.15, -0.1) is 0 Å². The number of aromatic nitrogens is 2. The Bertz CT molecular complexity index is 1110. The van der Waals surface area contributed by atoms with E-state index in [1.165, 1.54) is 0 Å². The van der Waals surface area contributed by atoms with E-state index in [1.54, 1.807) is 18.6 Å². The highest BCUT2D eigenvalue weighted by atomic mass is 16.2. The number of pyridine rings is 2. The lowest BCUT2D eigenvalue weighted by atomic mass is 9.94. The second kappa shape index (κ2) is 9.11. The molecule has 3 aromatic rings. The van der Waals surface area contributed by atoms with Crippen LogP contribution in [0.1, 0.15) is 24.5 Å². The van der Waals surface area contributed by atoms with Gasteiger partial charge in [0.25, 0.3) is 0 Å². The normalized spacial score (nSPS) is 19.6. The summed E-state index contributed by atoms with van der Waals surface area (Å²) in [4.78, 5) is 23.4. The number of anilines is 1. The fourth-order valence-electron chi connectivity index (χ4n) is 4.35. The Morgan fingerprint density at radius 1 is 1.26 bits per heavy atom. The van der Waals surface area contributed by atoms with Crippen LogP contribution in [-0.4, -0.2) is 41.0 Å². The van der Waals surface area contributed by atoms with Gasteiger partial charge in [-0.3, -0.25) is 14.8 Å². The molecule has 31 heavy (non-hydrogen) atoms. The smallest absolute Gasteiger partial charge is 0.237 e.